The van der Waals surface area contributed by atoms with Gasteiger partial charge in [0.05, 0.1) is 23.2 Å². The molecule has 0 aliphatic rings. The molecule has 1 aromatic heterocycles. The molecule has 2 N–H and O–H groups in total. The van der Waals surface area contributed by atoms with Gasteiger partial charge in [0.2, 0.25) is 0 Å². The van der Waals surface area contributed by atoms with Crippen molar-refractivity contribution < 1.29 is 15.0 Å². The highest BCUT2D eigenvalue weighted by Gasteiger charge is 2.28. The number of fused-ring (bicyclic) bond motifs is 1. The Kier molecular flexibility index (Phi) is 9.40. The van der Waals surface area contributed by atoms with Gasteiger partial charge in [-0.3, -0.25) is 4.79 Å². The second-order valence-electron chi connectivity index (χ2n) is 11.3. The van der Waals surface area contributed by atoms with Crippen molar-refractivity contribution in [2.24, 2.45) is 0 Å². The number of benzene rings is 3. The lowest BCUT2D eigenvalue weighted by Gasteiger charge is -2.29. The van der Waals surface area contributed by atoms with Gasteiger partial charge in [0.15, 0.2) is 0 Å². The molecule has 4 rings (SSSR count). The molecule has 0 aliphatic carbocycles. The summed E-state index contributed by atoms with van der Waals surface area (Å²) in [6.07, 6.45) is 5.70. The van der Waals surface area contributed by atoms with Crippen LogP contribution in [0.4, 0.5) is 0 Å². The van der Waals surface area contributed by atoms with E-state index in [1.54, 1.807) is 11.8 Å². The number of pyridine rings is 1. The topological polar surface area (TPSA) is 70.4 Å². The van der Waals surface area contributed by atoms with E-state index in [0.29, 0.717) is 5.02 Å². The Morgan fingerprint density at radius 2 is 1.73 bits per heavy atom. The van der Waals surface area contributed by atoms with Gasteiger partial charge in [0.1, 0.15) is 0 Å². The van der Waals surface area contributed by atoms with E-state index < -0.39 is 16.3 Å². The summed E-state index contributed by atoms with van der Waals surface area (Å²) >= 11 is 7.85. The number of carboxylic acids is 1. The van der Waals surface area contributed by atoms with Crippen LogP contribution in [-0.4, -0.2) is 25.9 Å². The molecule has 0 amide bonds. The van der Waals surface area contributed by atoms with E-state index in [4.69, 9.17) is 16.6 Å². The average Bonchev–Trinajstić information content (AvgIpc) is 2.88. The van der Waals surface area contributed by atoms with Crippen LogP contribution in [0.15, 0.2) is 78.9 Å². The van der Waals surface area contributed by atoms with Gasteiger partial charge >= 0.3 is 5.97 Å². The molecule has 0 radical (unpaired) electrons. The average molecular weight is 574 g/mol. The van der Waals surface area contributed by atoms with Crippen molar-refractivity contribution >= 4 is 52.4 Å². The summed E-state index contributed by atoms with van der Waals surface area (Å²) in [6, 6.07) is 26.1. The number of hydrogen-bond acceptors (Lipinski definition) is 4. The van der Waals surface area contributed by atoms with Crippen molar-refractivity contribution in [3.05, 3.63) is 112 Å². The van der Waals surface area contributed by atoms with Crippen molar-refractivity contribution in [3.63, 3.8) is 0 Å². The quantitative estimate of drug-likeness (QED) is 0.187. The lowest BCUT2D eigenvalue weighted by molar-refractivity contribution is -0.137. The fourth-order valence-corrected chi connectivity index (χ4v) is 6.61. The summed E-state index contributed by atoms with van der Waals surface area (Å²) in [5, 5.41) is 22.0. The lowest BCUT2D eigenvalue weighted by Crippen LogP contribution is -2.22. The summed E-state index contributed by atoms with van der Waals surface area (Å²) in [7, 11) is 0. The first-order chi connectivity index (χ1) is 18.9. The number of aromatic nitrogens is 1. The van der Waals surface area contributed by atoms with Gasteiger partial charge in [0, 0.05) is 20.4 Å². The predicted molar refractivity (Wildman–Crippen MR) is 169 cm³/mol. The van der Waals surface area contributed by atoms with Gasteiger partial charge in [-0.2, -0.15) is 0 Å². The van der Waals surface area contributed by atoms with Crippen LogP contribution in [0.3, 0.4) is 0 Å². The molecule has 1 atom stereocenters. The molecule has 0 fully saturated rings. The second-order valence-corrected chi connectivity index (χ2v) is 13.6. The number of aliphatic carboxylic acids is 1. The van der Waals surface area contributed by atoms with E-state index in [-0.39, 0.29) is 11.7 Å². The minimum atomic E-state index is -0.936. The summed E-state index contributed by atoms with van der Waals surface area (Å²) in [5.74, 6) is -0.801. The molecule has 4 nitrogen and oxygen atoms in total. The smallest absolute Gasteiger partial charge is 0.304 e. The zero-order valence-electron chi connectivity index (χ0n) is 23.4. The number of halogens is 1. The van der Waals surface area contributed by atoms with E-state index in [1.807, 2.05) is 88.4 Å². The highest BCUT2D eigenvalue weighted by molar-refractivity contribution is 8.00. The van der Waals surface area contributed by atoms with Gasteiger partial charge < -0.3 is 10.2 Å². The lowest BCUT2D eigenvalue weighted by atomic mass is 9.90. The minimum Gasteiger partial charge on any atom is -0.481 e. The number of nitrogens with zero attached hydrogens (tertiary/aromatic N) is 1. The molecule has 0 aliphatic heterocycles. The number of aryl methyl sites for hydroxylation is 1. The number of aliphatic hydroxyl groups is 1. The fourth-order valence-electron chi connectivity index (χ4n) is 4.95. The van der Waals surface area contributed by atoms with Crippen LogP contribution in [0.1, 0.15) is 73.7 Å². The van der Waals surface area contributed by atoms with Gasteiger partial charge in [-0.05, 0) is 73.2 Å². The van der Waals surface area contributed by atoms with E-state index in [1.165, 1.54) is 0 Å². The molecule has 0 unspecified atom stereocenters. The Labute approximate surface area is 246 Å². The van der Waals surface area contributed by atoms with Crippen molar-refractivity contribution in [3.8, 4) is 0 Å². The van der Waals surface area contributed by atoms with Crippen molar-refractivity contribution in [2.75, 3.05) is 0 Å². The standard InChI is InChI=1S/C34H36ClNO3S/c1-33(2,22-32(37)38)40-31(19-15-24-9-5-6-11-29(24)34(3,4)39)26-10-7-8-23(20-26)12-17-28-18-14-25-13-16-27(35)21-30(25)36-28/h5-14,16-18,20-21,31,39H,15,19,22H2,1-4H3,(H,37,38)/b17-12+/t31-/m1/s1. The first-order valence-corrected chi connectivity index (χ1v) is 14.7. The van der Waals surface area contributed by atoms with E-state index >= 15 is 0 Å². The molecule has 0 saturated carbocycles. The van der Waals surface area contributed by atoms with Gasteiger partial charge in [-0.25, -0.2) is 4.98 Å². The zero-order valence-corrected chi connectivity index (χ0v) is 25.0. The van der Waals surface area contributed by atoms with Crippen LogP contribution < -0.4 is 0 Å². The van der Waals surface area contributed by atoms with Crippen LogP contribution in [0.5, 0.6) is 0 Å². The van der Waals surface area contributed by atoms with Crippen LogP contribution in [0.2, 0.25) is 5.02 Å². The highest BCUT2D eigenvalue weighted by Crippen LogP contribution is 2.44. The number of rotatable bonds is 11. The Bertz CT molecular complexity index is 1520. The van der Waals surface area contributed by atoms with E-state index in [2.05, 4.69) is 30.3 Å². The van der Waals surface area contributed by atoms with Crippen molar-refractivity contribution in [1.82, 2.24) is 4.98 Å². The van der Waals surface area contributed by atoms with Crippen LogP contribution in [0, 0.1) is 0 Å². The molecule has 40 heavy (non-hydrogen) atoms. The number of hydrogen-bond donors (Lipinski definition) is 2. The van der Waals surface area contributed by atoms with Crippen molar-refractivity contribution in [2.45, 2.75) is 62.6 Å². The monoisotopic (exact) mass is 573 g/mol. The Balaban J connectivity index is 1.60. The molecular formula is C34H36ClNO3S. The molecule has 208 valence electrons. The maximum Gasteiger partial charge on any atom is 0.304 e. The van der Waals surface area contributed by atoms with E-state index in [9.17, 15) is 15.0 Å². The highest BCUT2D eigenvalue weighted by atomic mass is 35.5. The third-order valence-corrected chi connectivity index (χ3v) is 8.61. The first kappa shape index (κ1) is 29.9. The SMILES string of the molecule is CC(C)(CC(=O)O)S[C@H](CCc1ccccc1C(C)(C)O)c1cccc(/C=C/c2ccc3ccc(Cl)cc3n2)c1. The molecule has 6 heteroatoms. The molecule has 0 saturated heterocycles. The molecule has 1 heterocycles. The predicted octanol–water partition coefficient (Wildman–Crippen LogP) is 8.95. The van der Waals surface area contributed by atoms with Crippen LogP contribution in [-0.2, 0) is 16.8 Å². The molecular weight excluding hydrogens is 538 g/mol. The normalized spacial score (nSPS) is 13.2. The largest absolute Gasteiger partial charge is 0.481 e. The van der Waals surface area contributed by atoms with Gasteiger partial charge in [-0.15, -0.1) is 11.8 Å². The third-order valence-electron chi connectivity index (χ3n) is 6.80. The summed E-state index contributed by atoms with van der Waals surface area (Å²) in [5.41, 5.74) is 4.98. The molecule has 0 bridgehead atoms. The zero-order chi connectivity index (χ0) is 28.9. The second kappa shape index (κ2) is 12.6. The number of carboxylic acid groups (broad SMARTS) is 1. The fraction of sp³-hybridized carbons (Fsp3) is 0.294. The summed E-state index contributed by atoms with van der Waals surface area (Å²) < 4.78 is -0.450. The minimum absolute atomic E-state index is 0.0681. The Hall–Kier alpha value is -3.12. The third kappa shape index (κ3) is 8.20. The van der Waals surface area contributed by atoms with Crippen molar-refractivity contribution in [1.29, 1.82) is 0 Å². The molecule has 4 aromatic rings. The maximum atomic E-state index is 11.6. The maximum absolute atomic E-state index is 11.6. The first-order valence-electron chi connectivity index (χ1n) is 13.4. The Morgan fingerprint density at radius 1 is 0.975 bits per heavy atom. The van der Waals surface area contributed by atoms with E-state index in [0.717, 1.165) is 51.7 Å². The number of thioether (sulfide) groups is 1. The summed E-state index contributed by atoms with van der Waals surface area (Å²) in [4.78, 5) is 16.3. The van der Waals surface area contributed by atoms with Gasteiger partial charge in [0.25, 0.3) is 0 Å². The van der Waals surface area contributed by atoms with Crippen LogP contribution in [0.25, 0.3) is 23.1 Å². The van der Waals surface area contributed by atoms with Gasteiger partial charge in [-0.1, -0.05) is 92.2 Å². The Morgan fingerprint density at radius 3 is 2.48 bits per heavy atom. The van der Waals surface area contributed by atoms with Crippen LogP contribution >= 0.6 is 23.4 Å². The number of carbonyl (C=O) groups is 1. The molecule has 0 spiro atoms. The molecule has 3 aromatic carbocycles. The summed E-state index contributed by atoms with van der Waals surface area (Å²) in [6.45, 7) is 7.60.